The maximum atomic E-state index is 11.6. The number of benzene rings is 1. The Morgan fingerprint density at radius 3 is 2.39 bits per heavy atom. The van der Waals surface area contributed by atoms with Crippen molar-refractivity contribution in [2.75, 3.05) is 6.54 Å². The minimum atomic E-state index is 0.0549. The van der Waals surface area contributed by atoms with Gasteiger partial charge in [0, 0.05) is 6.54 Å². The summed E-state index contributed by atoms with van der Waals surface area (Å²) in [5.74, 6) is 0.0549. The summed E-state index contributed by atoms with van der Waals surface area (Å²) in [6.07, 6.45) is 4.00. The summed E-state index contributed by atoms with van der Waals surface area (Å²) < 4.78 is 0. The van der Waals surface area contributed by atoms with Gasteiger partial charge in [-0.15, -0.1) is 0 Å². The van der Waals surface area contributed by atoms with E-state index in [2.05, 4.69) is 31.0 Å². The van der Waals surface area contributed by atoms with E-state index in [0.717, 1.165) is 17.6 Å². The molecular formula is C16H23NO. The lowest BCUT2D eigenvalue weighted by Crippen LogP contribution is -2.26. The summed E-state index contributed by atoms with van der Waals surface area (Å²) >= 11 is 0. The topological polar surface area (TPSA) is 29.1 Å². The van der Waals surface area contributed by atoms with Crippen molar-refractivity contribution in [3.63, 3.8) is 0 Å². The van der Waals surface area contributed by atoms with Crippen LogP contribution in [0.2, 0.25) is 0 Å². The van der Waals surface area contributed by atoms with Gasteiger partial charge in [0.2, 0.25) is 5.91 Å². The number of carbonyl (C=O) groups excluding carboxylic acids is 1. The number of amides is 1. The molecule has 98 valence electrons. The van der Waals surface area contributed by atoms with Gasteiger partial charge in [-0.2, -0.15) is 0 Å². The van der Waals surface area contributed by atoms with Crippen LogP contribution in [0, 0.1) is 0 Å². The summed E-state index contributed by atoms with van der Waals surface area (Å²) in [5.41, 5.74) is 3.38. The lowest BCUT2D eigenvalue weighted by Gasteiger charge is -2.06. The number of rotatable bonds is 7. The van der Waals surface area contributed by atoms with E-state index in [4.69, 9.17) is 0 Å². The van der Waals surface area contributed by atoms with E-state index in [1.165, 1.54) is 18.4 Å². The summed E-state index contributed by atoms with van der Waals surface area (Å²) in [7, 11) is 0. The highest BCUT2D eigenvalue weighted by atomic mass is 16.1. The van der Waals surface area contributed by atoms with Gasteiger partial charge in [0.15, 0.2) is 0 Å². The molecule has 18 heavy (non-hydrogen) atoms. The average Bonchev–Trinajstić information content (AvgIpc) is 2.35. The first-order valence-electron chi connectivity index (χ1n) is 6.60. The molecule has 1 aromatic rings. The van der Waals surface area contributed by atoms with Crippen molar-refractivity contribution in [3.8, 4) is 0 Å². The van der Waals surface area contributed by atoms with Crippen LogP contribution in [-0.2, 0) is 17.6 Å². The van der Waals surface area contributed by atoms with Crippen LogP contribution in [0.4, 0.5) is 0 Å². The molecule has 0 saturated heterocycles. The minimum Gasteiger partial charge on any atom is -0.352 e. The van der Waals surface area contributed by atoms with Gasteiger partial charge >= 0.3 is 0 Å². The lowest BCUT2D eigenvalue weighted by atomic mass is 10.0. The quantitative estimate of drug-likeness (QED) is 0.734. The van der Waals surface area contributed by atoms with Gasteiger partial charge in [-0.3, -0.25) is 4.79 Å². The molecule has 1 N–H and O–H groups in total. The van der Waals surface area contributed by atoms with Gasteiger partial charge in [-0.1, -0.05) is 49.8 Å². The predicted molar refractivity (Wildman–Crippen MR) is 76.6 cm³/mol. The van der Waals surface area contributed by atoms with Gasteiger partial charge in [0.1, 0.15) is 0 Å². The van der Waals surface area contributed by atoms with Gasteiger partial charge < -0.3 is 5.32 Å². The molecule has 0 aliphatic heterocycles. The highest BCUT2D eigenvalue weighted by molar-refractivity contribution is 5.78. The van der Waals surface area contributed by atoms with Crippen LogP contribution in [0.1, 0.15) is 37.8 Å². The molecule has 0 spiro atoms. The largest absolute Gasteiger partial charge is 0.352 e. The Labute approximate surface area is 110 Å². The van der Waals surface area contributed by atoms with Crippen molar-refractivity contribution in [1.82, 2.24) is 5.32 Å². The van der Waals surface area contributed by atoms with E-state index < -0.39 is 0 Å². The first-order chi connectivity index (χ1) is 8.61. The summed E-state index contributed by atoms with van der Waals surface area (Å²) in [4.78, 5) is 11.6. The van der Waals surface area contributed by atoms with E-state index in [0.29, 0.717) is 13.0 Å². The first kappa shape index (κ1) is 14.5. The third-order valence-electron chi connectivity index (χ3n) is 2.79. The van der Waals surface area contributed by atoms with Crippen LogP contribution in [0.25, 0.3) is 0 Å². The molecule has 1 rings (SSSR count). The van der Waals surface area contributed by atoms with Gasteiger partial charge in [-0.05, 0) is 30.9 Å². The van der Waals surface area contributed by atoms with Crippen LogP contribution in [0.15, 0.2) is 36.4 Å². The normalized spacial score (nSPS) is 10.1. The Morgan fingerprint density at radius 2 is 1.83 bits per heavy atom. The highest BCUT2D eigenvalue weighted by Gasteiger charge is 2.02. The molecule has 0 fully saturated rings. The number of hydrogen-bond donors (Lipinski definition) is 1. The van der Waals surface area contributed by atoms with E-state index in [-0.39, 0.29) is 5.91 Å². The third kappa shape index (κ3) is 5.67. The zero-order chi connectivity index (χ0) is 13.4. The van der Waals surface area contributed by atoms with Gasteiger partial charge in [0.25, 0.3) is 0 Å². The monoisotopic (exact) mass is 245 g/mol. The van der Waals surface area contributed by atoms with Crippen molar-refractivity contribution in [2.24, 2.45) is 0 Å². The molecule has 0 aliphatic rings. The lowest BCUT2D eigenvalue weighted by molar-refractivity contribution is -0.120. The Hall–Kier alpha value is -1.57. The molecule has 1 aromatic carbocycles. The van der Waals surface area contributed by atoms with Crippen molar-refractivity contribution in [3.05, 3.63) is 47.5 Å². The Bertz CT molecular complexity index is 392. The van der Waals surface area contributed by atoms with Crippen LogP contribution in [-0.4, -0.2) is 12.5 Å². The van der Waals surface area contributed by atoms with E-state index in [1.54, 1.807) is 0 Å². The van der Waals surface area contributed by atoms with Gasteiger partial charge in [-0.25, -0.2) is 0 Å². The number of hydrogen-bond acceptors (Lipinski definition) is 1. The molecule has 0 aromatic heterocycles. The number of aryl methyl sites for hydroxylation is 1. The third-order valence-corrected chi connectivity index (χ3v) is 2.79. The van der Waals surface area contributed by atoms with Crippen LogP contribution >= 0.6 is 0 Å². The molecule has 2 heteroatoms. The van der Waals surface area contributed by atoms with Crippen molar-refractivity contribution in [1.29, 1.82) is 0 Å². The Balaban J connectivity index is 2.42. The molecule has 0 atom stereocenters. The summed E-state index contributed by atoms with van der Waals surface area (Å²) in [6, 6.07) is 8.34. The second-order valence-electron chi connectivity index (χ2n) is 4.83. The fourth-order valence-electron chi connectivity index (χ4n) is 1.70. The fraction of sp³-hybridized carbons (Fsp3) is 0.438. The second-order valence-corrected chi connectivity index (χ2v) is 4.83. The van der Waals surface area contributed by atoms with Crippen molar-refractivity contribution < 1.29 is 4.79 Å². The molecule has 0 saturated carbocycles. The zero-order valence-corrected chi connectivity index (χ0v) is 11.5. The second kappa shape index (κ2) is 7.70. The summed E-state index contributed by atoms with van der Waals surface area (Å²) in [6.45, 7) is 8.42. The Morgan fingerprint density at radius 1 is 1.22 bits per heavy atom. The molecule has 2 nitrogen and oxygen atoms in total. The SMILES string of the molecule is C=C(C)CNC(=O)Cc1ccc(CCCC)cc1. The van der Waals surface area contributed by atoms with Crippen molar-refractivity contribution in [2.45, 2.75) is 39.5 Å². The minimum absolute atomic E-state index is 0.0549. The molecule has 0 radical (unpaired) electrons. The van der Waals surface area contributed by atoms with E-state index in [1.807, 2.05) is 19.1 Å². The molecule has 0 aliphatic carbocycles. The standard InChI is InChI=1S/C16H23NO/c1-4-5-6-14-7-9-15(10-8-14)11-16(18)17-12-13(2)3/h7-10H,2,4-6,11-12H2,1,3H3,(H,17,18). The van der Waals surface area contributed by atoms with Crippen LogP contribution in [0.5, 0.6) is 0 Å². The van der Waals surface area contributed by atoms with Crippen molar-refractivity contribution >= 4 is 5.91 Å². The van der Waals surface area contributed by atoms with Crippen LogP contribution < -0.4 is 5.32 Å². The Kier molecular flexibility index (Phi) is 6.20. The number of nitrogens with one attached hydrogen (secondary N) is 1. The van der Waals surface area contributed by atoms with E-state index in [9.17, 15) is 4.79 Å². The zero-order valence-electron chi connectivity index (χ0n) is 11.5. The fourth-order valence-corrected chi connectivity index (χ4v) is 1.70. The van der Waals surface area contributed by atoms with Gasteiger partial charge in [0.05, 0.1) is 6.42 Å². The predicted octanol–water partition coefficient (Wildman–Crippen LogP) is 3.26. The molecule has 1 amide bonds. The smallest absolute Gasteiger partial charge is 0.224 e. The van der Waals surface area contributed by atoms with E-state index >= 15 is 0 Å². The molecular weight excluding hydrogens is 222 g/mol. The molecule has 0 unspecified atom stereocenters. The molecule has 0 heterocycles. The maximum absolute atomic E-state index is 11.6. The number of unbranched alkanes of at least 4 members (excludes halogenated alkanes) is 1. The van der Waals surface area contributed by atoms with Crippen LogP contribution in [0.3, 0.4) is 0 Å². The average molecular weight is 245 g/mol. The molecule has 0 bridgehead atoms. The number of carbonyl (C=O) groups is 1. The first-order valence-corrected chi connectivity index (χ1v) is 6.60. The highest BCUT2D eigenvalue weighted by Crippen LogP contribution is 2.08. The maximum Gasteiger partial charge on any atom is 0.224 e. The summed E-state index contributed by atoms with van der Waals surface area (Å²) in [5, 5.41) is 2.84.